The van der Waals surface area contributed by atoms with Crippen LogP contribution in [0.5, 0.6) is 0 Å². The van der Waals surface area contributed by atoms with Crippen molar-refractivity contribution in [2.45, 2.75) is 0 Å². The van der Waals surface area contributed by atoms with E-state index in [0.717, 1.165) is 0 Å². The Morgan fingerprint density at radius 3 is 1.25 bits per heavy atom. The molecule has 0 unspecified atom stereocenters. The predicted octanol–water partition coefficient (Wildman–Crippen LogP) is -2.79. The maximum Gasteiger partial charge on any atom is 2.00 e. The number of hydrogen-bond donors (Lipinski definition) is 0. The molecule has 0 atom stereocenters. The molecular weight excluding hydrogens is 124 g/mol. The summed E-state index contributed by atoms with van der Waals surface area (Å²) in [6, 6.07) is 0. The molecule has 0 aliphatic rings. The third-order valence-electron chi connectivity index (χ3n) is 0. The minimum absolute atomic E-state index is 0. The Hall–Kier alpha value is 2.39. The minimum Gasteiger partial charge on any atom is -1.00 e. The van der Waals surface area contributed by atoms with Crippen molar-refractivity contribution in [3.63, 3.8) is 0 Å². The SMILES string of the molecule is [AlH3].[H-].[H-].[Mg+2].[Sc].[SiH4]. The van der Waals surface area contributed by atoms with Gasteiger partial charge in [-0.1, -0.05) is 0 Å². The largest absolute Gasteiger partial charge is 2.00 e. The van der Waals surface area contributed by atoms with Gasteiger partial charge < -0.3 is 2.85 Å². The van der Waals surface area contributed by atoms with Gasteiger partial charge in [-0.2, -0.15) is 0 Å². The molecule has 0 aliphatic heterocycles. The molecule has 0 nitrogen and oxygen atoms in total. The van der Waals surface area contributed by atoms with Crippen LogP contribution in [-0.2, 0) is 25.8 Å². The average Bonchev–Trinajstić information content (AvgIpc) is 0. The Balaban J connectivity index is 0. The van der Waals surface area contributed by atoms with E-state index >= 15 is 0 Å². The summed E-state index contributed by atoms with van der Waals surface area (Å²) in [7, 11) is 0. The number of rotatable bonds is 0. The normalized spacial score (nSPS) is 0. The molecule has 0 aromatic carbocycles. The van der Waals surface area contributed by atoms with E-state index in [2.05, 4.69) is 0 Å². The zero-order valence-electron chi connectivity index (χ0n) is 3.28. The van der Waals surface area contributed by atoms with Gasteiger partial charge in [0.25, 0.3) is 0 Å². The van der Waals surface area contributed by atoms with Gasteiger partial charge in [-0.3, -0.25) is 0 Å². The monoisotopic (exact) mass is 133 g/mol. The van der Waals surface area contributed by atoms with Crippen LogP contribution in [0.2, 0.25) is 0 Å². The minimum atomic E-state index is 0. The maximum atomic E-state index is 0. The van der Waals surface area contributed by atoms with Crippen molar-refractivity contribution >= 4 is 51.4 Å². The molecule has 0 saturated heterocycles. The molecule has 0 bridgehead atoms. The second kappa shape index (κ2) is 18.2. The van der Waals surface area contributed by atoms with Crippen molar-refractivity contribution < 1.29 is 28.7 Å². The van der Waals surface area contributed by atoms with E-state index in [4.69, 9.17) is 0 Å². The molecule has 1 radical (unpaired) electrons. The molecule has 0 saturated carbocycles. The first-order valence-electron chi connectivity index (χ1n) is 0. The van der Waals surface area contributed by atoms with E-state index in [-0.39, 0.29) is 80.1 Å². The van der Waals surface area contributed by atoms with Gasteiger partial charge in [-0.15, -0.1) is 0 Å². The second-order valence-electron chi connectivity index (χ2n) is 0. The van der Waals surface area contributed by atoms with Crippen LogP contribution in [0.25, 0.3) is 0 Å². The van der Waals surface area contributed by atoms with Crippen LogP contribution >= 0.6 is 0 Å². The first kappa shape index (κ1) is 32.5. The Labute approximate surface area is 79.2 Å². The molecule has 21 valence electrons. The molecular formula is H9AlMgScSi. The van der Waals surface area contributed by atoms with Crippen LogP contribution in [-0.4, -0.2) is 51.4 Å². The summed E-state index contributed by atoms with van der Waals surface area (Å²) in [5.41, 5.74) is 0. The van der Waals surface area contributed by atoms with E-state index in [0.29, 0.717) is 0 Å². The zero-order chi connectivity index (χ0) is 0. The van der Waals surface area contributed by atoms with E-state index in [1.54, 1.807) is 0 Å². The third-order valence-corrected chi connectivity index (χ3v) is 0. The van der Waals surface area contributed by atoms with Gasteiger partial charge in [0.2, 0.25) is 0 Å². The smallest absolute Gasteiger partial charge is 1.00 e. The van der Waals surface area contributed by atoms with Crippen LogP contribution in [0.3, 0.4) is 0 Å². The van der Waals surface area contributed by atoms with Gasteiger partial charge in [-0.25, -0.2) is 0 Å². The molecule has 4 heteroatoms. The summed E-state index contributed by atoms with van der Waals surface area (Å²) in [6.07, 6.45) is 0. The van der Waals surface area contributed by atoms with Crippen LogP contribution < -0.4 is 0 Å². The first-order chi connectivity index (χ1) is 0. The average molecular weight is 133 g/mol. The fourth-order valence-electron chi connectivity index (χ4n) is 0. The molecule has 0 N–H and O–H groups in total. The molecule has 0 aromatic rings. The molecule has 0 amide bonds. The molecule has 0 fully saturated rings. The van der Waals surface area contributed by atoms with Gasteiger partial charge in [0.15, 0.2) is 17.4 Å². The summed E-state index contributed by atoms with van der Waals surface area (Å²) >= 11 is 0. The van der Waals surface area contributed by atoms with E-state index in [1.165, 1.54) is 0 Å². The Kier molecular flexibility index (Phi) is 148. The van der Waals surface area contributed by atoms with E-state index in [1.807, 2.05) is 0 Å². The quantitative estimate of drug-likeness (QED) is 0.313. The molecule has 0 spiro atoms. The summed E-state index contributed by atoms with van der Waals surface area (Å²) in [6.45, 7) is 0. The van der Waals surface area contributed by atoms with Gasteiger partial charge in [0, 0.05) is 25.8 Å². The topological polar surface area (TPSA) is 0 Å². The molecule has 4 heavy (non-hydrogen) atoms. The molecule has 0 rings (SSSR count). The Bertz CT molecular complexity index is 13.5. The van der Waals surface area contributed by atoms with Crippen LogP contribution in [0.15, 0.2) is 0 Å². The Morgan fingerprint density at radius 1 is 1.25 bits per heavy atom. The summed E-state index contributed by atoms with van der Waals surface area (Å²) in [5, 5.41) is 0. The summed E-state index contributed by atoms with van der Waals surface area (Å²) in [5.74, 6) is 0. The summed E-state index contributed by atoms with van der Waals surface area (Å²) in [4.78, 5) is 0. The fraction of sp³-hybridized carbons (Fsp3) is 0. The van der Waals surface area contributed by atoms with Crippen LogP contribution in [0.4, 0.5) is 0 Å². The van der Waals surface area contributed by atoms with Gasteiger partial charge in [0.1, 0.15) is 0 Å². The van der Waals surface area contributed by atoms with Crippen molar-refractivity contribution in [1.29, 1.82) is 0 Å². The maximum absolute atomic E-state index is 0. The van der Waals surface area contributed by atoms with E-state index < -0.39 is 0 Å². The summed E-state index contributed by atoms with van der Waals surface area (Å²) < 4.78 is 0. The van der Waals surface area contributed by atoms with Crippen molar-refractivity contribution in [1.82, 2.24) is 0 Å². The zero-order valence-corrected chi connectivity index (χ0v) is 4.50. The standard InChI is InChI=1S/Al.Mg.Sc.H4Si.5H/h;;;1H4;;;;;/q;+2;;;;;;2*-1. The first-order valence-corrected chi connectivity index (χ1v) is 0. The van der Waals surface area contributed by atoms with E-state index in [9.17, 15) is 0 Å². The van der Waals surface area contributed by atoms with Crippen LogP contribution in [0.1, 0.15) is 2.85 Å². The predicted molar refractivity (Wildman–Crippen MR) is 29.3 cm³/mol. The second-order valence-corrected chi connectivity index (χ2v) is 0. The molecule has 0 aliphatic carbocycles. The van der Waals surface area contributed by atoms with Gasteiger partial charge in [-0.05, 0) is 11.0 Å². The van der Waals surface area contributed by atoms with Crippen molar-refractivity contribution in [2.24, 2.45) is 0 Å². The fourth-order valence-corrected chi connectivity index (χ4v) is 0. The van der Waals surface area contributed by atoms with Crippen molar-refractivity contribution in [3.05, 3.63) is 0 Å². The Morgan fingerprint density at radius 2 is 1.25 bits per heavy atom. The number of hydrogen-bond acceptors (Lipinski definition) is 0. The van der Waals surface area contributed by atoms with Crippen molar-refractivity contribution in [2.75, 3.05) is 0 Å². The van der Waals surface area contributed by atoms with Crippen molar-refractivity contribution in [3.8, 4) is 0 Å². The third kappa shape index (κ3) is 8.83. The molecule has 0 aromatic heterocycles. The van der Waals surface area contributed by atoms with Gasteiger partial charge >= 0.3 is 23.1 Å². The van der Waals surface area contributed by atoms with Gasteiger partial charge in [0.05, 0.1) is 0 Å². The van der Waals surface area contributed by atoms with Crippen LogP contribution in [0, 0.1) is 0 Å². The molecule has 0 heterocycles.